The van der Waals surface area contributed by atoms with E-state index in [0.29, 0.717) is 18.9 Å². The molecule has 0 fully saturated rings. The van der Waals surface area contributed by atoms with Crippen LogP contribution in [0.4, 0.5) is 5.69 Å². The summed E-state index contributed by atoms with van der Waals surface area (Å²) in [6.07, 6.45) is 2.91. The molecule has 0 saturated heterocycles. The summed E-state index contributed by atoms with van der Waals surface area (Å²) in [5.74, 6) is 0. The van der Waals surface area contributed by atoms with E-state index < -0.39 is 17.6 Å². The van der Waals surface area contributed by atoms with Crippen LogP contribution >= 0.6 is 7.60 Å². The molecular formula is C16H21N2O5PS. The van der Waals surface area contributed by atoms with E-state index in [9.17, 15) is 13.0 Å². The van der Waals surface area contributed by atoms with Gasteiger partial charge in [0.25, 0.3) is 10.0 Å². The van der Waals surface area contributed by atoms with Crippen molar-refractivity contribution < 1.29 is 22.0 Å². The molecule has 0 unspecified atom stereocenters. The summed E-state index contributed by atoms with van der Waals surface area (Å²) in [4.78, 5) is 3.88. The third kappa shape index (κ3) is 5.64. The largest absolute Gasteiger partial charge is 0.335 e. The lowest BCUT2D eigenvalue weighted by molar-refractivity contribution is 0.219. The molecule has 0 atom stereocenters. The summed E-state index contributed by atoms with van der Waals surface area (Å²) in [5.41, 5.74) is 1.13. The molecule has 1 aromatic heterocycles. The fraction of sp³-hybridized carbons (Fsp3) is 0.312. The van der Waals surface area contributed by atoms with Crippen molar-refractivity contribution in [3.63, 3.8) is 0 Å². The molecule has 0 amide bonds. The van der Waals surface area contributed by atoms with Crippen molar-refractivity contribution in [2.24, 2.45) is 0 Å². The molecule has 0 saturated carbocycles. The van der Waals surface area contributed by atoms with Crippen LogP contribution < -0.4 is 4.72 Å². The summed E-state index contributed by atoms with van der Waals surface area (Å²) >= 11 is 0. The van der Waals surface area contributed by atoms with Crippen LogP contribution in [0.2, 0.25) is 0 Å². The quantitative estimate of drug-likeness (QED) is 0.663. The Hall–Kier alpha value is -1.73. The summed E-state index contributed by atoms with van der Waals surface area (Å²) in [6, 6.07) is 9.59. The summed E-state index contributed by atoms with van der Waals surface area (Å²) in [7, 11) is -6.89. The second-order valence-corrected chi connectivity index (χ2v) is 8.83. The highest BCUT2D eigenvalue weighted by Gasteiger charge is 2.24. The lowest BCUT2D eigenvalue weighted by Crippen LogP contribution is -2.13. The highest BCUT2D eigenvalue weighted by Crippen LogP contribution is 2.51. The Morgan fingerprint density at radius 3 is 2.24 bits per heavy atom. The van der Waals surface area contributed by atoms with Gasteiger partial charge >= 0.3 is 7.60 Å². The normalized spacial score (nSPS) is 12.1. The first kappa shape index (κ1) is 19.6. The number of aromatic nitrogens is 1. The summed E-state index contributed by atoms with van der Waals surface area (Å²) in [6.45, 7) is 4.09. The van der Waals surface area contributed by atoms with Crippen LogP contribution in [0.25, 0.3) is 0 Å². The van der Waals surface area contributed by atoms with Gasteiger partial charge in [0.2, 0.25) is 0 Å². The number of hydrogen-bond donors (Lipinski definition) is 1. The fourth-order valence-electron chi connectivity index (χ4n) is 2.14. The van der Waals surface area contributed by atoms with Gasteiger partial charge in [0, 0.05) is 18.1 Å². The van der Waals surface area contributed by atoms with E-state index in [1.807, 2.05) is 0 Å². The average molecular weight is 384 g/mol. The number of sulfonamides is 1. The maximum atomic E-state index is 12.5. The van der Waals surface area contributed by atoms with Crippen LogP contribution in [0.15, 0.2) is 53.7 Å². The van der Waals surface area contributed by atoms with E-state index in [1.54, 1.807) is 44.2 Å². The molecule has 0 aliphatic rings. The molecule has 0 spiro atoms. The average Bonchev–Trinajstić information content (AvgIpc) is 2.57. The lowest BCUT2D eigenvalue weighted by Gasteiger charge is -2.17. The first-order valence-electron chi connectivity index (χ1n) is 7.78. The third-order valence-corrected chi connectivity index (χ3v) is 6.60. The van der Waals surface area contributed by atoms with Crippen LogP contribution in [0.5, 0.6) is 0 Å². The zero-order valence-electron chi connectivity index (χ0n) is 14.1. The van der Waals surface area contributed by atoms with E-state index in [2.05, 4.69) is 9.71 Å². The van der Waals surface area contributed by atoms with E-state index >= 15 is 0 Å². The third-order valence-electron chi connectivity index (χ3n) is 3.18. The molecule has 0 aliphatic carbocycles. The standard InChI is InChI=1S/C16H21N2O5PS/c1-3-22-24(19,23-4-2)13-14-7-9-15(10-8-14)18-25(20,21)16-6-5-11-17-12-16/h5-12,18H,3-4,13H2,1-2H3. The van der Waals surface area contributed by atoms with Crippen LogP contribution in [0, 0.1) is 0 Å². The van der Waals surface area contributed by atoms with E-state index in [0.717, 1.165) is 5.56 Å². The highest BCUT2D eigenvalue weighted by atomic mass is 32.2. The maximum Gasteiger partial charge on any atom is 0.335 e. The molecule has 2 aromatic rings. The van der Waals surface area contributed by atoms with Crippen molar-refractivity contribution in [1.82, 2.24) is 4.98 Å². The Balaban J connectivity index is 2.11. The number of anilines is 1. The molecule has 1 heterocycles. The number of rotatable bonds is 9. The highest BCUT2D eigenvalue weighted by molar-refractivity contribution is 7.92. The monoisotopic (exact) mass is 384 g/mol. The van der Waals surface area contributed by atoms with Gasteiger partial charge in [-0.3, -0.25) is 14.3 Å². The fourth-order valence-corrected chi connectivity index (χ4v) is 4.87. The van der Waals surface area contributed by atoms with Crippen LogP contribution in [0.3, 0.4) is 0 Å². The number of pyridine rings is 1. The zero-order chi connectivity index (χ0) is 18.3. The molecule has 0 bridgehead atoms. The van der Waals surface area contributed by atoms with Gasteiger partial charge in [0.15, 0.2) is 0 Å². The number of nitrogens with zero attached hydrogens (tertiary/aromatic N) is 1. The van der Waals surface area contributed by atoms with Gasteiger partial charge in [-0.15, -0.1) is 0 Å². The minimum Gasteiger partial charge on any atom is -0.309 e. The smallest absolute Gasteiger partial charge is 0.309 e. The van der Waals surface area contributed by atoms with Crippen molar-refractivity contribution in [2.45, 2.75) is 24.9 Å². The molecule has 9 heteroatoms. The second kappa shape index (κ2) is 8.58. The predicted octanol–water partition coefficient (Wildman–Crippen LogP) is 3.65. The Morgan fingerprint density at radius 2 is 1.72 bits per heavy atom. The van der Waals surface area contributed by atoms with Crippen molar-refractivity contribution in [1.29, 1.82) is 0 Å². The summed E-state index contributed by atoms with van der Waals surface area (Å²) < 4.78 is 50.0. The van der Waals surface area contributed by atoms with Gasteiger partial charge in [0.1, 0.15) is 4.90 Å². The minimum absolute atomic E-state index is 0.0799. The van der Waals surface area contributed by atoms with Crippen molar-refractivity contribution >= 4 is 23.3 Å². The number of benzene rings is 1. The molecule has 25 heavy (non-hydrogen) atoms. The first-order chi connectivity index (χ1) is 11.9. The Labute approximate surface area is 148 Å². The van der Waals surface area contributed by atoms with E-state index in [-0.39, 0.29) is 11.1 Å². The van der Waals surface area contributed by atoms with Gasteiger partial charge in [-0.05, 0) is 43.7 Å². The molecule has 1 N–H and O–H groups in total. The molecular weight excluding hydrogens is 363 g/mol. The molecule has 136 valence electrons. The Kier molecular flexibility index (Phi) is 6.72. The number of nitrogens with one attached hydrogen (secondary N) is 1. The van der Waals surface area contributed by atoms with Gasteiger partial charge < -0.3 is 9.05 Å². The zero-order valence-corrected chi connectivity index (χ0v) is 15.8. The van der Waals surface area contributed by atoms with E-state index in [1.165, 1.54) is 18.5 Å². The van der Waals surface area contributed by atoms with Crippen LogP contribution in [0.1, 0.15) is 19.4 Å². The number of hydrogen-bond acceptors (Lipinski definition) is 6. The Bertz CT molecular complexity index is 815. The predicted molar refractivity (Wildman–Crippen MR) is 96.1 cm³/mol. The van der Waals surface area contributed by atoms with Crippen molar-refractivity contribution in [2.75, 3.05) is 17.9 Å². The maximum absolute atomic E-state index is 12.5. The van der Waals surface area contributed by atoms with Gasteiger partial charge in [-0.25, -0.2) is 8.42 Å². The SMILES string of the molecule is CCOP(=O)(Cc1ccc(NS(=O)(=O)c2cccnc2)cc1)OCC. The molecule has 2 rings (SSSR count). The molecule has 1 aromatic carbocycles. The molecule has 0 radical (unpaired) electrons. The van der Waals surface area contributed by atoms with Crippen molar-refractivity contribution in [3.05, 3.63) is 54.4 Å². The Morgan fingerprint density at radius 1 is 1.08 bits per heavy atom. The van der Waals surface area contributed by atoms with E-state index in [4.69, 9.17) is 9.05 Å². The second-order valence-electron chi connectivity index (χ2n) is 5.10. The van der Waals surface area contributed by atoms with Crippen molar-refractivity contribution in [3.8, 4) is 0 Å². The van der Waals surface area contributed by atoms with Gasteiger partial charge in [0.05, 0.1) is 19.4 Å². The van der Waals surface area contributed by atoms with Crippen LogP contribution in [-0.4, -0.2) is 26.6 Å². The lowest BCUT2D eigenvalue weighted by atomic mass is 10.2. The molecule has 0 aliphatic heterocycles. The summed E-state index contributed by atoms with van der Waals surface area (Å²) in [5, 5.41) is 0. The first-order valence-corrected chi connectivity index (χ1v) is 11.0. The van der Waals surface area contributed by atoms with Crippen LogP contribution in [-0.2, 0) is 29.8 Å². The van der Waals surface area contributed by atoms with Gasteiger partial charge in [-0.1, -0.05) is 12.1 Å². The topological polar surface area (TPSA) is 94.6 Å². The molecule has 7 nitrogen and oxygen atoms in total. The van der Waals surface area contributed by atoms with Gasteiger partial charge in [-0.2, -0.15) is 0 Å². The minimum atomic E-state index is -3.70.